The predicted octanol–water partition coefficient (Wildman–Crippen LogP) is 0.998. The van der Waals surface area contributed by atoms with Gasteiger partial charge in [-0.1, -0.05) is 0 Å². The number of nitrogens with zero attached hydrogens (tertiary/aromatic N) is 2. The zero-order valence-corrected chi connectivity index (χ0v) is 10.2. The molecular formula is C13H12N2O4. The predicted molar refractivity (Wildman–Crippen MR) is 67.6 cm³/mol. The molecule has 1 aromatic heterocycles. The number of benzene rings is 1. The number of carbonyl (C=O) groups is 1. The number of hydrogen-bond donors (Lipinski definition) is 1. The zero-order chi connectivity index (χ0) is 13.8. The maximum absolute atomic E-state index is 11.6. The molecule has 2 rings (SSSR count). The third-order valence-electron chi connectivity index (χ3n) is 2.66. The quantitative estimate of drug-likeness (QED) is 0.886. The Balaban J connectivity index is 2.43. The summed E-state index contributed by atoms with van der Waals surface area (Å²) in [5.74, 6) is -0.497. The fourth-order valence-corrected chi connectivity index (χ4v) is 1.72. The molecular weight excluding hydrogens is 248 g/mol. The normalized spacial score (nSPS) is 10.2. The van der Waals surface area contributed by atoms with Gasteiger partial charge in [0.2, 0.25) is 0 Å². The number of rotatable bonds is 4. The van der Waals surface area contributed by atoms with Crippen molar-refractivity contribution in [2.75, 3.05) is 7.11 Å². The van der Waals surface area contributed by atoms with Gasteiger partial charge in [0.15, 0.2) is 0 Å². The Labute approximate surface area is 108 Å². The first-order valence-electron chi connectivity index (χ1n) is 5.52. The molecule has 19 heavy (non-hydrogen) atoms. The monoisotopic (exact) mass is 260 g/mol. The Hall–Kier alpha value is -2.63. The van der Waals surface area contributed by atoms with Crippen LogP contribution < -0.4 is 10.3 Å². The molecule has 1 heterocycles. The van der Waals surface area contributed by atoms with Crippen LogP contribution in [0.3, 0.4) is 0 Å². The van der Waals surface area contributed by atoms with Crippen LogP contribution >= 0.6 is 0 Å². The average molecular weight is 260 g/mol. The first-order chi connectivity index (χ1) is 9.11. The summed E-state index contributed by atoms with van der Waals surface area (Å²) in [6.07, 6.45) is 2.80. The maximum atomic E-state index is 11.6. The molecule has 0 saturated carbocycles. The van der Waals surface area contributed by atoms with Crippen molar-refractivity contribution in [1.29, 1.82) is 0 Å². The van der Waals surface area contributed by atoms with Crippen LogP contribution in [0.1, 0.15) is 15.9 Å². The van der Waals surface area contributed by atoms with Gasteiger partial charge in [-0.2, -0.15) is 0 Å². The van der Waals surface area contributed by atoms with Gasteiger partial charge in [-0.15, -0.1) is 0 Å². The van der Waals surface area contributed by atoms with E-state index < -0.39 is 5.97 Å². The second-order valence-corrected chi connectivity index (χ2v) is 3.88. The molecule has 0 unspecified atom stereocenters. The smallest absolute Gasteiger partial charge is 0.335 e. The molecule has 0 aliphatic carbocycles. The summed E-state index contributed by atoms with van der Waals surface area (Å²) in [6, 6.07) is 5.85. The molecule has 98 valence electrons. The molecule has 1 N–H and O–H groups in total. The van der Waals surface area contributed by atoms with Crippen molar-refractivity contribution >= 4 is 5.97 Å². The minimum atomic E-state index is -1.03. The van der Waals surface area contributed by atoms with Crippen LogP contribution in [0.2, 0.25) is 0 Å². The highest BCUT2D eigenvalue weighted by atomic mass is 16.5. The average Bonchev–Trinajstić information content (AvgIpc) is 2.41. The highest BCUT2D eigenvalue weighted by Crippen LogP contribution is 2.20. The van der Waals surface area contributed by atoms with Gasteiger partial charge in [0.05, 0.1) is 25.5 Å². The van der Waals surface area contributed by atoms with Crippen molar-refractivity contribution in [2.24, 2.45) is 0 Å². The summed E-state index contributed by atoms with van der Waals surface area (Å²) in [5, 5.41) is 8.97. The Bertz CT molecular complexity index is 664. The summed E-state index contributed by atoms with van der Waals surface area (Å²) in [5.41, 5.74) is 0.544. The topological polar surface area (TPSA) is 81.4 Å². The molecule has 0 fully saturated rings. The van der Waals surface area contributed by atoms with Crippen molar-refractivity contribution in [3.8, 4) is 5.75 Å². The van der Waals surface area contributed by atoms with Crippen LogP contribution in [0.15, 0.2) is 41.6 Å². The van der Waals surface area contributed by atoms with E-state index in [0.29, 0.717) is 11.3 Å². The van der Waals surface area contributed by atoms with Gasteiger partial charge in [0.25, 0.3) is 5.56 Å². The number of aromatic carboxylic acids is 1. The van der Waals surface area contributed by atoms with E-state index in [1.807, 2.05) is 0 Å². The lowest BCUT2D eigenvalue weighted by atomic mass is 10.1. The van der Waals surface area contributed by atoms with Crippen molar-refractivity contribution in [1.82, 2.24) is 9.55 Å². The molecule has 0 aliphatic rings. The second-order valence-electron chi connectivity index (χ2n) is 3.88. The van der Waals surface area contributed by atoms with Crippen LogP contribution in [0.5, 0.6) is 5.75 Å². The standard InChI is InChI=1S/C13H12N2O4/c1-19-11-3-2-9(13(17)18)6-10(11)7-15-8-14-5-4-12(15)16/h2-6,8H,7H2,1H3,(H,17,18). The highest BCUT2D eigenvalue weighted by molar-refractivity contribution is 5.88. The Morgan fingerprint density at radius 1 is 1.42 bits per heavy atom. The van der Waals surface area contributed by atoms with E-state index in [4.69, 9.17) is 9.84 Å². The van der Waals surface area contributed by atoms with E-state index in [1.165, 1.54) is 42.4 Å². The fourth-order valence-electron chi connectivity index (χ4n) is 1.72. The largest absolute Gasteiger partial charge is 0.496 e. The highest BCUT2D eigenvalue weighted by Gasteiger charge is 2.10. The molecule has 6 heteroatoms. The van der Waals surface area contributed by atoms with Gasteiger partial charge in [-0.25, -0.2) is 9.78 Å². The lowest BCUT2D eigenvalue weighted by Gasteiger charge is -2.10. The van der Waals surface area contributed by atoms with E-state index in [9.17, 15) is 9.59 Å². The van der Waals surface area contributed by atoms with Crippen LogP contribution in [-0.4, -0.2) is 27.7 Å². The SMILES string of the molecule is COc1ccc(C(=O)O)cc1Cn1cnccc1=O. The van der Waals surface area contributed by atoms with E-state index in [1.54, 1.807) is 6.07 Å². The summed E-state index contributed by atoms with van der Waals surface area (Å²) < 4.78 is 6.54. The van der Waals surface area contributed by atoms with E-state index in [2.05, 4.69) is 4.98 Å². The zero-order valence-electron chi connectivity index (χ0n) is 10.2. The maximum Gasteiger partial charge on any atom is 0.335 e. The van der Waals surface area contributed by atoms with E-state index in [0.717, 1.165) is 0 Å². The molecule has 0 saturated heterocycles. The molecule has 0 bridgehead atoms. The molecule has 1 aromatic carbocycles. The Morgan fingerprint density at radius 2 is 2.21 bits per heavy atom. The molecule has 0 spiro atoms. The summed E-state index contributed by atoms with van der Waals surface area (Å²) in [4.78, 5) is 26.4. The van der Waals surface area contributed by atoms with E-state index >= 15 is 0 Å². The van der Waals surface area contributed by atoms with E-state index in [-0.39, 0.29) is 17.7 Å². The van der Waals surface area contributed by atoms with Gasteiger partial charge in [0.1, 0.15) is 5.75 Å². The Kier molecular flexibility index (Phi) is 3.61. The first-order valence-corrected chi connectivity index (χ1v) is 5.52. The molecule has 0 aliphatic heterocycles. The minimum absolute atomic E-state index is 0.146. The molecule has 0 amide bonds. The number of ether oxygens (including phenoxy) is 1. The van der Waals surface area contributed by atoms with Crippen molar-refractivity contribution in [2.45, 2.75) is 6.54 Å². The summed E-state index contributed by atoms with van der Waals surface area (Å²) in [7, 11) is 1.49. The lowest BCUT2D eigenvalue weighted by molar-refractivity contribution is 0.0696. The van der Waals surface area contributed by atoms with Gasteiger partial charge in [-0.05, 0) is 18.2 Å². The van der Waals surface area contributed by atoms with Crippen LogP contribution in [-0.2, 0) is 6.54 Å². The van der Waals surface area contributed by atoms with Crippen LogP contribution in [0.25, 0.3) is 0 Å². The molecule has 2 aromatic rings. The summed E-state index contributed by atoms with van der Waals surface area (Å²) >= 11 is 0. The third-order valence-corrected chi connectivity index (χ3v) is 2.66. The minimum Gasteiger partial charge on any atom is -0.496 e. The van der Waals surface area contributed by atoms with Crippen LogP contribution in [0, 0.1) is 0 Å². The van der Waals surface area contributed by atoms with Gasteiger partial charge < -0.3 is 9.84 Å². The van der Waals surface area contributed by atoms with Crippen molar-refractivity contribution in [3.63, 3.8) is 0 Å². The number of carboxylic acid groups (broad SMARTS) is 1. The Morgan fingerprint density at radius 3 is 2.84 bits per heavy atom. The van der Waals surface area contributed by atoms with Crippen molar-refractivity contribution < 1.29 is 14.6 Å². The number of hydrogen-bond acceptors (Lipinski definition) is 4. The van der Waals surface area contributed by atoms with Gasteiger partial charge in [-0.3, -0.25) is 9.36 Å². The summed E-state index contributed by atoms with van der Waals surface area (Å²) in [6.45, 7) is 0.205. The lowest BCUT2D eigenvalue weighted by Crippen LogP contribution is -2.19. The number of aromatic nitrogens is 2. The number of carboxylic acids is 1. The van der Waals surface area contributed by atoms with Gasteiger partial charge in [0, 0.05) is 17.8 Å². The van der Waals surface area contributed by atoms with Crippen molar-refractivity contribution in [3.05, 3.63) is 58.3 Å². The van der Waals surface area contributed by atoms with Gasteiger partial charge >= 0.3 is 5.97 Å². The molecule has 0 radical (unpaired) electrons. The second kappa shape index (κ2) is 5.34. The first kappa shape index (κ1) is 12.8. The molecule has 6 nitrogen and oxygen atoms in total. The van der Waals surface area contributed by atoms with Crippen LogP contribution in [0.4, 0.5) is 0 Å². The third kappa shape index (κ3) is 2.79. The fraction of sp³-hybridized carbons (Fsp3) is 0.154. The number of methoxy groups -OCH3 is 1. The molecule has 0 atom stereocenters.